The van der Waals surface area contributed by atoms with Crippen molar-refractivity contribution in [2.24, 2.45) is 0 Å². The van der Waals surface area contributed by atoms with Gasteiger partial charge in [-0.05, 0) is 62.4 Å². The van der Waals surface area contributed by atoms with Crippen LogP contribution in [0, 0.1) is 0 Å². The molecule has 0 radical (unpaired) electrons. The zero-order valence-corrected chi connectivity index (χ0v) is 20.1. The van der Waals surface area contributed by atoms with Gasteiger partial charge in [0.15, 0.2) is 0 Å². The summed E-state index contributed by atoms with van der Waals surface area (Å²) < 4.78 is 6.03. The lowest BCUT2D eigenvalue weighted by atomic mass is 9.93. The van der Waals surface area contributed by atoms with Crippen LogP contribution in [-0.4, -0.2) is 22.8 Å². The van der Waals surface area contributed by atoms with Crippen molar-refractivity contribution in [1.29, 1.82) is 0 Å². The molecule has 1 heterocycles. The first-order chi connectivity index (χ1) is 15.5. The van der Waals surface area contributed by atoms with E-state index in [1.165, 1.54) is 11.3 Å². The first-order valence-electron chi connectivity index (χ1n) is 10.5. The Morgan fingerprint density at radius 3 is 2.24 bits per heavy atom. The van der Waals surface area contributed by atoms with Crippen LogP contribution < -0.4 is 11.1 Å². The number of anilines is 2. The molecule has 0 bridgehead atoms. The van der Waals surface area contributed by atoms with Crippen molar-refractivity contribution in [3.05, 3.63) is 58.4 Å². The minimum atomic E-state index is -0.793. The average molecular weight is 485 g/mol. The fraction of sp³-hybridized carbons (Fsp3) is 0.280. The predicted molar refractivity (Wildman–Crippen MR) is 133 cm³/mol. The summed E-state index contributed by atoms with van der Waals surface area (Å²) in [4.78, 5) is 25.0. The lowest BCUT2D eigenvalue weighted by Gasteiger charge is -2.21. The number of nitrogen functional groups attached to an aromatic ring is 1. The van der Waals surface area contributed by atoms with E-state index in [0.717, 1.165) is 27.1 Å². The summed E-state index contributed by atoms with van der Waals surface area (Å²) in [6, 6.07) is 14.8. The summed E-state index contributed by atoms with van der Waals surface area (Å²) in [6.45, 7) is 5.40. The number of amides is 1. The van der Waals surface area contributed by atoms with Gasteiger partial charge in [-0.15, -0.1) is 11.3 Å². The Morgan fingerprint density at radius 1 is 1.09 bits per heavy atom. The second kappa shape index (κ2) is 8.39. The molecule has 33 heavy (non-hydrogen) atoms. The van der Waals surface area contributed by atoms with Gasteiger partial charge in [-0.3, -0.25) is 10.1 Å². The van der Waals surface area contributed by atoms with Crippen molar-refractivity contribution in [3.63, 3.8) is 0 Å². The molecule has 6 nitrogen and oxygen atoms in total. The first-order valence-corrected chi connectivity index (χ1v) is 11.7. The highest BCUT2D eigenvalue weighted by Crippen LogP contribution is 2.49. The molecule has 1 aliphatic rings. The minimum Gasteiger partial charge on any atom is -0.481 e. The largest absolute Gasteiger partial charge is 0.481 e. The van der Waals surface area contributed by atoms with Crippen molar-refractivity contribution >= 4 is 46.4 Å². The third kappa shape index (κ3) is 4.84. The maximum atomic E-state index is 12.6. The second-order valence-electron chi connectivity index (χ2n) is 9.19. The zero-order chi connectivity index (χ0) is 24.0. The number of carbonyl (C=O) groups is 2. The number of benzene rings is 2. The summed E-state index contributed by atoms with van der Waals surface area (Å²) in [7, 11) is 0. The number of nitrogens with two attached hydrogens (primary N) is 1. The lowest BCUT2D eigenvalue weighted by Crippen LogP contribution is -2.27. The molecular weight excluding hydrogens is 460 g/mol. The maximum absolute atomic E-state index is 12.6. The standard InChI is InChI=1S/C25H25ClN2O4S/c1-24(2,3)32-23(31)28-19-12-15(21-18(27)13-20(26)33-21)6-9-17(19)14-4-7-16(8-5-14)25(10-11-25)22(29)30/h4-9,12-13H,10-11,27H2,1-3H3,(H,28,31)(H,29,30). The van der Waals surface area contributed by atoms with E-state index < -0.39 is 23.1 Å². The van der Waals surface area contributed by atoms with E-state index >= 15 is 0 Å². The Bertz CT molecular complexity index is 1220. The molecule has 0 saturated heterocycles. The SMILES string of the molecule is CC(C)(C)OC(=O)Nc1cc(-c2sc(Cl)cc2N)ccc1-c1ccc(C2(C(=O)O)CC2)cc1. The molecule has 172 valence electrons. The van der Waals surface area contributed by atoms with Gasteiger partial charge in [0, 0.05) is 5.56 Å². The summed E-state index contributed by atoms with van der Waals surface area (Å²) >= 11 is 7.49. The molecule has 2 aromatic carbocycles. The van der Waals surface area contributed by atoms with Crippen molar-refractivity contribution in [3.8, 4) is 21.6 Å². The normalized spacial score (nSPS) is 14.5. The van der Waals surface area contributed by atoms with Gasteiger partial charge >= 0.3 is 12.1 Å². The minimum absolute atomic E-state index is 0.554. The number of carboxylic acids is 1. The van der Waals surface area contributed by atoms with Crippen LogP contribution in [0.15, 0.2) is 48.5 Å². The lowest BCUT2D eigenvalue weighted by molar-refractivity contribution is -0.140. The van der Waals surface area contributed by atoms with Gasteiger partial charge in [-0.1, -0.05) is 48.0 Å². The smallest absolute Gasteiger partial charge is 0.412 e. The molecule has 0 unspecified atom stereocenters. The molecule has 0 spiro atoms. The summed E-state index contributed by atoms with van der Waals surface area (Å²) in [5.74, 6) is -0.793. The van der Waals surface area contributed by atoms with Crippen LogP contribution in [0.1, 0.15) is 39.2 Å². The summed E-state index contributed by atoms with van der Waals surface area (Å²) in [5.41, 5.74) is 9.04. The highest BCUT2D eigenvalue weighted by Gasteiger charge is 2.51. The maximum Gasteiger partial charge on any atom is 0.412 e. The molecule has 1 aliphatic carbocycles. The number of ether oxygens (including phenoxy) is 1. The Labute approximate surface area is 201 Å². The van der Waals surface area contributed by atoms with Gasteiger partial charge in [0.05, 0.1) is 26.0 Å². The van der Waals surface area contributed by atoms with Gasteiger partial charge < -0.3 is 15.6 Å². The van der Waals surface area contributed by atoms with Crippen molar-refractivity contribution in [2.45, 2.75) is 44.6 Å². The van der Waals surface area contributed by atoms with Crippen molar-refractivity contribution < 1.29 is 19.4 Å². The van der Waals surface area contributed by atoms with Gasteiger partial charge in [0.1, 0.15) is 5.60 Å². The number of rotatable bonds is 5. The molecule has 8 heteroatoms. The molecule has 4 N–H and O–H groups in total. The Kier molecular flexibility index (Phi) is 5.88. The number of carboxylic acid groups (broad SMARTS) is 1. The van der Waals surface area contributed by atoms with Crippen LogP contribution in [0.2, 0.25) is 4.34 Å². The Hall–Kier alpha value is -3.03. The number of hydrogen-bond acceptors (Lipinski definition) is 5. The van der Waals surface area contributed by atoms with Crippen LogP contribution in [0.5, 0.6) is 0 Å². The predicted octanol–water partition coefficient (Wildman–Crippen LogP) is 6.78. The fourth-order valence-corrected chi connectivity index (χ4v) is 4.92. The van der Waals surface area contributed by atoms with Crippen LogP contribution in [0.4, 0.5) is 16.2 Å². The summed E-state index contributed by atoms with van der Waals surface area (Å²) in [6.07, 6.45) is 0.719. The highest BCUT2D eigenvalue weighted by molar-refractivity contribution is 7.20. The molecule has 0 aliphatic heterocycles. The fourth-order valence-electron chi connectivity index (χ4n) is 3.77. The molecule has 1 amide bonds. The van der Waals surface area contributed by atoms with Gasteiger partial charge in [-0.25, -0.2) is 4.79 Å². The highest BCUT2D eigenvalue weighted by atomic mass is 35.5. The second-order valence-corrected chi connectivity index (χ2v) is 10.9. The van der Waals surface area contributed by atoms with E-state index in [4.69, 9.17) is 22.1 Å². The number of aliphatic carboxylic acids is 1. The van der Waals surface area contributed by atoms with Crippen LogP contribution in [0.3, 0.4) is 0 Å². The zero-order valence-electron chi connectivity index (χ0n) is 18.6. The average Bonchev–Trinajstić information content (AvgIpc) is 3.46. The van der Waals surface area contributed by atoms with Gasteiger partial charge in [-0.2, -0.15) is 0 Å². The molecular formula is C25H25ClN2O4S. The quantitative estimate of drug-likeness (QED) is 0.370. The molecule has 1 saturated carbocycles. The first kappa shape index (κ1) is 23.1. The van der Waals surface area contributed by atoms with E-state index in [1.54, 1.807) is 26.8 Å². The third-order valence-electron chi connectivity index (χ3n) is 5.56. The molecule has 3 aromatic rings. The summed E-state index contributed by atoms with van der Waals surface area (Å²) in [5, 5.41) is 12.4. The van der Waals surface area contributed by atoms with Crippen LogP contribution in [-0.2, 0) is 14.9 Å². The van der Waals surface area contributed by atoms with Gasteiger partial charge in [0.25, 0.3) is 0 Å². The number of carbonyl (C=O) groups excluding carboxylic acids is 1. The Balaban J connectivity index is 1.72. The number of hydrogen-bond donors (Lipinski definition) is 3. The van der Waals surface area contributed by atoms with Crippen molar-refractivity contribution in [2.75, 3.05) is 11.1 Å². The van der Waals surface area contributed by atoms with E-state index in [0.29, 0.717) is 28.6 Å². The van der Waals surface area contributed by atoms with Crippen LogP contribution >= 0.6 is 22.9 Å². The van der Waals surface area contributed by atoms with E-state index in [-0.39, 0.29) is 0 Å². The van der Waals surface area contributed by atoms with Crippen LogP contribution in [0.25, 0.3) is 21.6 Å². The number of nitrogens with one attached hydrogen (secondary N) is 1. The topological polar surface area (TPSA) is 102 Å². The third-order valence-corrected chi connectivity index (χ3v) is 6.88. The van der Waals surface area contributed by atoms with Crippen molar-refractivity contribution in [1.82, 2.24) is 0 Å². The van der Waals surface area contributed by atoms with E-state index in [9.17, 15) is 14.7 Å². The Morgan fingerprint density at radius 2 is 1.73 bits per heavy atom. The van der Waals surface area contributed by atoms with Gasteiger partial charge in [0.2, 0.25) is 0 Å². The molecule has 1 fully saturated rings. The number of thiophene rings is 1. The number of halogens is 1. The molecule has 4 rings (SSSR count). The van der Waals surface area contributed by atoms with E-state index in [2.05, 4.69) is 5.32 Å². The molecule has 1 aromatic heterocycles. The van der Waals surface area contributed by atoms with E-state index in [1.807, 2.05) is 42.5 Å². The monoisotopic (exact) mass is 484 g/mol. The molecule has 0 atom stereocenters.